The van der Waals surface area contributed by atoms with Crippen LogP contribution in [0.3, 0.4) is 0 Å². The fourth-order valence-corrected chi connectivity index (χ4v) is 5.20. The van der Waals surface area contributed by atoms with Crippen LogP contribution in [-0.4, -0.2) is 45.3 Å². The summed E-state index contributed by atoms with van der Waals surface area (Å²) in [7, 11) is 1.33. The molecule has 0 spiro atoms. The van der Waals surface area contributed by atoms with Crippen molar-refractivity contribution in [1.29, 1.82) is 0 Å². The summed E-state index contributed by atoms with van der Waals surface area (Å²) in [6, 6.07) is 18.5. The minimum Gasteiger partial charge on any atom is -0.469 e. The first kappa shape index (κ1) is 23.3. The zero-order chi connectivity index (χ0) is 23.2. The number of nitrogens with zero attached hydrogens (tertiary/aromatic N) is 1. The van der Waals surface area contributed by atoms with Gasteiger partial charge in [0.05, 0.1) is 42.7 Å². The summed E-state index contributed by atoms with van der Waals surface area (Å²) in [6.07, 6.45) is -0.0147. The number of hydrogen-bond donors (Lipinski definition) is 1. The summed E-state index contributed by atoms with van der Waals surface area (Å²) in [5.74, 6) is -0.684. The maximum absolute atomic E-state index is 13.4. The Morgan fingerprint density at radius 2 is 1.82 bits per heavy atom. The van der Waals surface area contributed by atoms with Crippen LogP contribution < -0.4 is 10.2 Å². The van der Waals surface area contributed by atoms with Gasteiger partial charge in [0.15, 0.2) is 0 Å². The lowest BCUT2D eigenvalue weighted by molar-refractivity contribution is -0.141. The molecule has 2 aromatic carbocycles. The lowest BCUT2D eigenvalue weighted by Crippen LogP contribution is -2.35. The van der Waals surface area contributed by atoms with Gasteiger partial charge in [0.25, 0.3) is 5.91 Å². The van der Waals surface area contributed by atoms with E-state index in [2.05, 4.69) is 10.2 Å². The molecule has 1 unspecified atom stereocenters. The fraction of sp³-hybridized carbons (Fsp3) is 0.280. The van der Waals surface area contributed by atoms with E-state index < -0.39 is 12.0 Å². The topological polar surface area (TPSA) is 67.9 Å². The number of amides is 1. The average Bonchev–Trinajstić information content (AvgIpc) is 3.31. The van der Waals surface area contributed by atoms with E-state index in [-0.39, 0.29) is 12.3 Å². The van der Waals surface area contributed by atoms with Crippen LogP contribution in [0.4, 0.5) is 5.00 Å². The number of nitrogens with one attached hydrogen (secondary N) is 1. The highest BCUT2D eigenvalue weighted by atomic mass is 35.5. The summed E-state index contributed by atoms with van der Waals surface area (Å²) in [4.78, 5) is 28.2. The van der Waals surface area contributed by atoms with Crippen LogP contribution in [0.2, 0.25) is 5.02 Å². The number of methoxy groups -OCH3 is 1. The van der Waals surface area contributed by atoms with Gasteiger partial charge in [0, 0.05) is 23.7 Å². The predicted molar refractivity (Wildman–Crippen MR) is 131 cm³/mol. The van der Waals surface area contributed by atoms with Gasteiger partial charge in [-0.25, -0.2) is 0 Å². The number of esters is 1. The monoisotopic (exact) mass is 484 g/mol. The molecular formula is C25H25ClN2O4S. The number of hydrogen-bond acceptors (Lipinski definition) is 6. The molecule has 0 aliphatic carbocycles. The van der Waals surface area contributed by atoms with Gasteiger partial charge in [0.1, 0.15) is 0 Å². The average molecular weight is 485 g/mol. The standard InChI is InChI=1S/C25H25ClN2O4S/c1-31-23(29)16-21(18-9-5-6-10-20(18)26)27-24(30)22-15-19(17-7-3-2-4-8-17)25(33-22)28-11-13-32-14-12-28/h2-10,15,21H,11-14,16H2,1H3,(H,27,30). The third-order valence-corrected chi connectivity index (χ3v) is 7.04. The van der Waals surface area contributed by atoms with Crippen molar-refractivity contribution in [2.75, 3.05) is 38.3 Å². The number of rotatable bonds is 7. The third-order valence-electron chi connectivity index (χ3n) is 5.50. The van der Waals surface area contributed by atoms with Crippen molar-refractivity contribution < 1.29 is 19.1 Å². The van der Waals surface area contributed by atoms with E-state index in [0.717, 1.165) is 29.2 Å². The summed E-state index contributed by atoms with van der Waals surface area (Å²) < 4.78 is 10.3. The number of ether oxygens (including phenoxy) is 2. The van der Waals surface area contributed by atoms with E-state index in [1.807, 2.05) is 48.5 Å². The lowest BCUT2D eigenvalue weighted by Gasteiger charge is -2.28. The number of thiophene rings is 1. The van der Waals surface area contributed by atoms with Crippen LogP contribution in [0.1, 0.15) is 27.7 Å². The molecule has 1 aliphatic rings. The van der Waals surface area contributed by atoms with E-state index in [0.29, 0.717) is 28.7 Å². The molecule has 1 aromatic heterocycles. The zero-order valence-electron chi connectivity index (χ0n) is 18.3. The Hall–Kier alpha value is -2.87. The summed E-state index contributed by atoms with van der Waals surface area (Å²) in [5, 5.41) is 4.52. The summed E-state index contributed by atoms with van der Waals surface area (Å²) >= 11 is 7.81. The molecule has 0 radical (unpaired) electrons. The SMILES string of the molecule is COC(=O)CC(NC(=O)c1cc(-c2ccccc2)c(N2CCOCC2)s1)c1ccccc1Cl. The number of morpholine rings is 1. The van der Waals surface area contributed by atoms with E-state index in [1.165, 1.54) is 18.4 Å². The van der Waals surface area contributed by atoms with Gasteiger partial charge in [-0.2, -0.15) is 0 Å². The van der Waals surface area contributed by atoms with Gasteiger partial charge >= 0.3 is 5.97 Å². The van der Waals surface area contributed by atoms with Gasteiger partial charge in [-0.15, -0.1) is 11.3 Å². The van der Waals surface area contributed by atoms with Gasteiger partial charge in [0.2, 0.25) is 0 Å². The molecule has 172 valence electrons. The molecule has 1 aliphatic heterocycles. The van der Waals surface area contributed by atoms with Crippen LogP contribution in [0.5, 0.6) is 0 Å². The van der Waals surface area contributed by atoms with Gasteiger partial charge in [-0.3, -0.25) is 9.59 Å². The van der Waals surface area contributed by atoms with Crippen molar-refractivity contribution in [3.8, 4) is 11.1 Å². The third kappa shape index (κ3) is 5.55. The number of benzene rings is 2. The van der Waals surface area contributed by atoms with Crippen molar-refractivity contribution in [2.45, 2.75) is 12.5 Å². The zero-order valence-corrected chi connectivity index (χ0v) is 19.8. The smallest absolute Gasteiger partial charge is 0.307 e. The fourth-order valence-electron chi connectivity index (χ4n) is 3.79. The van der Waals surface area contributed by atoms with E-state index in [1.54, 1.807) is 12.1 Å². The number of halogens is 1. The molecule has 1 fully saturated rings. The highest BCUT2D eigenvalue weighted by molar-refractivity contribution is 7.18. The van der Waals surface area contributed by atoms with Crippen LogP contribution in [0.15, 0.2) is 60.7 Å². The number of carbonyl (C=O) groups excluding carboxylic acids is 2. The highest BCUT2D eigenvalue weighted by Gasteiger charge is 2.25. The largest absolute Gasteiger partial charge is 0.469 e. The second kappa shape index (κ2) is 10.8. The van der Waals surface area contributed by atoms with Crippen LogP contribution in [0, 0.1) is 0 Å². The van der Waals surface area contributed by atoms with Gasteiger partial charge in [-0.05, 0) is 23.3 Å². The minimum absolute atomic E-state index is 0.0147. The number of carbonyl (C=O) groups is 2. The molecule has 1 atom stereocenters. The second-order valence-corrected chi connectivity index (χ2v) is 9.06. The summed E-state index contributed by atoms with van der Waals surface area (Å²) in [5.41, 5.74) is 2.73. The first-order chi connectivity index (χ1) is 16.1. The lowest BCUT2D eigenvalue weighted by atomic mass is 10.0. The van der Waals surface area contributed by atoms with E-state index >= 15 is 0 Å². The van der Waals surface area contributed by atoms with Crippen molar-refractivity contribution in [2.24, 2.45) is 0 Å². The van der Waals surface area contributed by atoms with Gasteiger partial charge in [-0.1, -0.05) is 60.1 Å². The minimum atomic E-state index is -0.604. The molecule has 0 bridgehead atoms. The molecule has 1 amide bonds. The first-order valence-corrected chi connectivity index (χ1v) is 11.9. The van der Waals surface area contributed by atoms with E-state index in [9.17, 15) is 9.59 Å². The molecule has 2 heterocycles. The molecular weight excluding hydrogens is 460 g/mol. The predicted octanol–water partition coefficient (Wildman–Crippen LogP) is 4.94. The van der Waals surface area contributed by atoms with Crippen molar-refractivity contribution in [3.05, 3.63) is 76.1 Å². The Kier molecular flexibility index (Phi) is 7.65. The Bertz CT molecular complexity index is 1110. The van der Waals surface area contributed by atoms with Gasteiger partial charge < -0.3 is 19.7 Å². The Balaban J connectivity index is 1.65. The molecule has 4 rings (SSSR count). The molecule has 1 N–H and O–H groups in total. The van der Waals surface area contributed by atoms with Crippen LogP contribution in [0.25, 0.3) is 11.1 Å². The second-order valence-electron chi connectivity index (χ2n) is 7.62. The molecule has 6 nitrogen and oxygen atoms in total. The molecule has 8 heteroatoms. The van der Waals surface area contributed by atoms with Crippen molar-refractivity contribution >= 4 is 39.8 Å². The number of anilines is 1. The Morgan fingerprint density at radius 3 is 2.52 bits per heavy atom. The maximum atomic E-state index is 13.4. The summed E-state index contributed by atoms with van der Waals surface area (Å²) in [6.45, 7) is 2.85. The maximum Gasteiger partial charge on any atom is 0.307 e. The van der Waals surface area contributed by atoms with E-state index in [4.69, 9.17) is 21.1 Å². The molecule has 3 aromatic rings. The first-order valence-electron chi connectivity index (χ1n) is 10.7. The van der Waals surface area contributed by atoms with Crippen molar-refractivity contribution in [3.63, 3.8) is 0 Å². The molecule has 1 saturated heterocycles. The Morgan fingerprint density at radius 1 is 1.12 bits per heavy atom. The normalized spacial score (nSPS) is 14.5. The molecule has 0 saturated carbocycles. The quantitative estimate of drug-likeness (QED) is 0.481. The Labute approximate surface area is 202 Å². The van der Waals surface area contributed by atoms with Crippen LogP contribution in [-0.2, 0) is 14.3 Å². The molecule has 33 heavy (non-hydrogen) atoms. The highest BCUT2D eigenvalue weighted by Crippen LogP contribution is 2.39. The van der Waals surface area contributed by atoms with Crippen molar-refractivity contribution in [1.82, 2.24) is 5.32 Å². The van der Waals surface area contributed by atoms with Crippen LogP contribution >= 0.6 is 22.9 Å².